The summed E-state index contributed by atoms with van der Waals surface area (Å²) in [5, 5.41) is 6.31. The summed E-state index contributed by atoms with van der Waals surface area (Å²) in [6.07, 6.45) is 0. The number of hydrogen-bond donors (Lipinski definition) is 2. The van der Waals surface area contributed by atoms with Gasteiger partial charge in [-0.25, -0.2) is 0 Å². The lowest BCUT2D eigenvalue weighted by atomic mass is 10.2. The van der Waals surface area contributed by atoms with Gasteiger partial charge in [-0.15, -0.1) is 0 Å². The Bertz CT molecular complexity index is 691. The van der Waals surface area contributed by atoms with Crippen LogP contribution < -0.4 is 15.4 Å². The Kier molecular flexibility index (Phi) is 5.75. The molecule has 6 heteroatoms. The van der Waals surface area contributed by atoms with Gasteiger partial charge in [0.1, 0.15) is 5.75 Å². The fourth-order valence-electron chi connectivity index (χ4n) is 1.80. The molecule has 0 aliphatic heterocycles. The van der Waals surface area contributed by atoms with Gasteiger partial charge in [0, 0.05) is 16.3 Å². The van der Waals surface area contributed by atoms with Crippen molar-refractivity contribution in [3.05, 3.63) is 59.1 Å². The highest BCUT2D eigenvalue weighted by Gasteiger charge is 2.09. The van der Waals surface area contributed by atoms with Gasteiger partial charge in [-0.2, -0.15) is 0 Å². The molecule has 2 N–H and O–H groups in total. The molecular formula is C16H15ClN2O2S. The molecule has 0 unspecified atom stereocenters. The fraction of sp³-hybridized carbons (Fsp3) is 0.125. The molecule has 0 atom stereocenters. The van der Waals surface area contributed by atoms with Crippen LogP contribution in [0.25, 0.3) is 0 Å². The van der Waals surface area contributed by atoms with E-state index in [-0.39, 0.29) is 11.0 Å². The minimum absolute atomic E-state index is 0.203. The molecule has 1 amide bonds. The first kappa shape index (κ1) is 16.3. The smallest absolute Gasteiger partial charge is 0.257 e. The predicted molar refractivity (Wildman–Crippen MR) is 92.7 cm³/mol. The second kappa shape index (κ2) is 7.77. The molecule has 0 saturated carbocycles. The van der Waals surface area contributed by atoms with Gasteiger partial charge >= 0.3 is 0 Å². The number of hydrogen-bond acceptors (Lipinski definition) is 3. The molecule has 0 aromatic heterocycles. The number of thiocarbonyl (C=S) groups is 1. The summed E-state index contributed by atoms with van der Waals surface area (Å²) in [7, 11) is 0. The van der Waals surface area contributed by atoms with E-state index in [1.165, 1.54) is 0 Å². The number of nitrogens with one attached hydrogen (secondary N) is 2. The van der Waals surface area contributed by atoms with Crippen LogP contribution >= 0.6 is 23.8 Å². The third kappa shape index (κ3) is 4.72. The zero-order valence-corrected chi connectivity index (χ0v) is 13.5. The number of rotatable bonds is 4. The van der Waals surface area contributed by atoms with E-state index in [0.29, 0.717) is 28.6 Å². The third-order valence-corrected chi connectivity index (χ3v) is 3.16. The monoisotopic (exact) mass is 334 g/mol. The summed E-state index contributed by atoms with van der Waals surface area (Å²) in [6, 6.07) is 14.0. The fourth-order valence-corrected chi connectivity index (χ4v) is 2.20. The Hall–Kier alpha value is -2.11. The molecule has 0 bridgehead atoms. The quantitative estimate of drug-likeness (QED) is 0.833. The highest BCUT2D eigenvalue weighted by atomic mass is 35.5. The van der Waals surface area contributed by atoms with Gasteiger partial charge in [-0.05, 0) is 55.5 Å². The van der Waals surface area contributed by atoms with E-state index in [2.05, 4.69) is 10.6 Å². The lowest BCUT2D eigenvalue weighted by Gasteiger charge is -2.10. The van der Waals surface area contributed by atoms with Crippen LogP contribution in [0.15, 0.2) is 48.5 Å². The van der Waals surface area contributed by atoms with Crippen molar-refractivity contribution >= 4 is 40.5 Å². The van der Waals surface area contributed by atoms with Crippen LogP contribution in [0.3, 0.4) is 0 Å². The Morgan fingerprint density at radius 2 is 2.00 bits per heavy atom. The summed E-state index contributed by atoms with van der Waals surface area (Å²) in [6.45, 7) is 2.43. The number of amides is 1. The van der Waals surface area contributed by atoms with Crippen molar-refractivity contribution < 1.29 is 9.53 Å². The summed E-state index contributed by atoms with van der Waals surface area (Å²) in [5.74, 6) is 0.338. The molecule has 0 heterocycles. The molecule has 0 aliphatic carbocycles. The standard InChI is InChI=1S/C16H15ClN2O2S/c1-2-21-14-8-3-5-11(9-14)15(20)19-16(22)18-13-7-4-6-12(17)10-13/h3-10H,2H2,1H3,(H2,18,19,20,22). The Balaban J connectivity index is 1.99. The van der Waals surface area contributed by atoms with E-state index in [4.69, 9.17) is 28.6 Å². The first-order valence-electron chi connectivity index (χ1n) is 6.69. The zero-order valence-electron chi connectivity index (χ0n) is 11.9. The average Bonchev–Trinajstić information content (AvgIpc) is 2.47. The van der Waals surface area contributed by atoms with Crippen molar-refractivity contribution in [1.29, 1.82) is 0 Å². The van der Waals surface area contributed by atoms with Crippen molar-refractivity contribution in [2.45, 2.75) is 6.92 Å². The molecule has 0 saturated heterocycles. The van der Waals surface area contributed by atoms with Crippen LogP contribution in [-0.4, -0.2) is 17.6 Å². The summed E-state index contributed by atoms with van der Waals surface area (Å²) in [5.41, 5.74) is 1.18. The molecule has 2 aromatic rings. The summed E-state index contributed by atoms with van der Waals surface area (Å²) >= 11 is 11.0. The van der Waals surface area contributed by atoms with Gasteiger partial charge in [0.2, 0.25) is 0 Å². The maximum absolute atomic E-state index is 12.1. The normalized spacial score (nSPS) is 9.91. The number of carbonyl (C=O) groups excluding carboxylic acids is 1. The minimum atomic E-state index is -0.305. The van der Waals surface area contributed by atoms with Crippen LogP contribution in [0, 0.1) is 0 Å². The van der Waals surface area contributed by atoms with E-state index in [0.717, 1.165) is 0 Å². The molecule has 2 rings (SSSR count). The molecule has 2 aromatic carbocycles. The van der Waals surface area contributed by atoms with Gasteiger partial charge in [0.15, 0.2) is 5.11 Å². The van der Waals surface area contributed by atoms with Crippen molar-refractivity contribution in [3.63, 3.8) is 0 Å². The number of anilines is 1. The second-order valence-corrected chi connectivity index (χ2v) is 5.22. The van der Waals surface area contributed by atoms with Gasteiger partial charge in [0.05, 0.1) is 6.61 Å². The Morgan fingerprint density at radius 3 is 2.73 bits per heavy atom. The first-order chi connectivity index (χ1) is 10.6. The molecule has 0 radical (unpaired) electrons. The van der Waals surface area contributed by atoms with Gasteiger partial charge < -0.3 is 10.1 Å². The van der Waals surface area contributed by atoms with Crippen LogP contribution in [-0.2, 0) is 0 Å². The molecule has 0 fully saturated rings. The van der Waals surface area contributed by atoms with E-state index in [9.17, 15) is 4.79 Å². The molecule has 0 spiro atoms. The molecule has 114 valence electrons. The lowest BCUT2D eigenvalue weighted by Crippen LogP contribution is -2.34. The largest absolute Gasteiger partial charge is 0.494 e. The molecule has 22 heavy (non-hydrogen) atoms. The van der Waals surface area contributed by atoms with Crippen LogP contribution in [0.1, 0.15) is 17.3 Å². The highest BCUT2D eigenvalue weighted by Crippen LogP contribution is 2.15. The predicted octanol–water partition coefficient (Wildman–Crippen LogP) is 3.87. The van der Waals surface area contributed by atoms with E-state index >= 15 is 0 Å². The van der Waals surface area contributed by atoms with Crippen molar-refractivity contribution in [3.8, 4) is 5.75 Å². The zero-order chi connectivity index (χ0) is 15.9. The maximum atomic E-state index is 12.1. The SMILES string of the molecule is CCOc1cccc(C(=O)NC(=S)Nc2cccc(Cl)c2)c1. The van der Waals surface area contributed by atoms with Crippen LogP contribution in [0.5, 0.6) is 5.75 Å². The number of ether oxygens (including phenoxy) is 1. The third-order valence-electron chi connectivity index (χ3n) is 2.72. The van der Waals surface area contributed by atoms with E-state index < -0.39 is 0 Å². The maximum Gasteiger partial charge on any atom is 0.257 e. The minimum Gasteiger partial charge on any atom is -0.494 e. The van der Waals surface area contributed by atoms with E-state index in [1.54, 1.807) is 48.5 Å². The van der Waals surface area contributed by atoms with Crippen LogP contribution in [0.4, 0.5) is 5.69 Å². The van der Waals surface area contributed by atoms with Crippen molar-refractivity contribution in [1.82, 2.24) is 5.32 Å². The molecular weight excluding hydrogens is 320 g/mol. The summed E-state index contributed by atoms with van der Waals surface area (Å²) < 4.78 is 5.37. The molecule has 4 nitrogen and oxygen atoms in total. The number of benzene rings is 2. The first-order valence-corrected chi connectivity index (χ1v) is 7.48. The van der Waals surface area contributed by atoms with Crippen LogP contribution in [0.2, 0.25) is 5.02 Å². The average molecular weight is 335 g/mol. The second-order valence-electron chi connectivity index (χ2n) is 4.38. The highest BCUT2D eigenvalue weighted by molar-refractivity contribution is 7.80. The number of carbonyl (C=O) groups is 1. The Morgan fingerprint density at radius 1 is 1.23 bits per heavy atom. The number of halogens is 1. The van der Waals surface area contributed by atoms with Crippen molar-refractivity contribution in [2.75, 3.05) is 11.9 Å². The van der Waals surface area contributed by atoms with Gasteiger partial charge in [-0.1, -0.05) is 23.7 Å². The Labute approximate surface area is 139 Å². The topological polar surface area (TPSA) is 50.4 Å². The lowest BCUT2D eigenvalue weighted by molar-refractivity contribution is 0.0977. The van der Waals surface area contributed by atoms with E-state index in [1.807, 2.05) is 6.92 Å². The summed E-state index contributed by atoms with van der Waals surface area (Å²) in [4.78, 5) is 12.1. The van der Waals surface area contributed by atoms with Gasteiger partial charge in [0.25, 0.3) is 5.91 Å². The van der Waals surface area contributed by atoms with Crippen molar-refractivity contribution in [2.24, 2.45) is 0 Å². The molecule has 0 aliphatic rings. The van der Waals surface area contributed by atoms with Gasteiger partial charge in [-0.3, -0.25) is 10.1 Å².